The van der Waals surface area contributed by atoms with E-state index >= 15 is 0 Å². The molecule has 0 aliphatic carbocycles. The molecule has 1 amide bonds. The van der Waals surface area contributed by atoms with Crippen LogP contribution in [0, 0.1) is 6.92 Å². The predicted molar refractivity (Wildman–Crippen MR) is 110 cm³/mol. The van der Waals surface area contributed by atoms with Crippen molar-refractivity contribution in [3.05, 3.63) is 72.4 Å². The number of fused-ring (bicyclic) bond motifs is 1. The first-order valence-corrected chi connectivity index (χ1v) is 9.65. The molecule has 0 unspecified atom stereocenters. The standard InChI is InChI=1S/C22H25N5O/c1-4-8-18-10-7-9-15(2)27(18)22(28)20-13-17(24-25-20)14-26-16(3)23-19-11-5-6-12-21(19)26/h4-7,9,11-13,15,18H,1,8,10,14H2,2-3H3,(H,24,25)/t15-,18-/m0/s1. The van der Waals surface area contributed by atoms with E-state index in [0.29, 0.717) is 12.2 Å². The first kappa shape index (κ1) is 18.2. The number of carbonyl (C=O) groups is 1. The molecule has 1 aromatic carbocycles. The number of amides is 1. The minimum absolute atomic E-state index is 0.0431. The van der Waals surface area contributed by atoms with Gasteiger partial charge in [-0.3, -0.25) is 9.89 Å². The Morgan fingerprint density at radius 3 is 3.04 bits per heavy atom. The second-order valence-electron chi connectivity index (χ2n) is 7.31. The molecule has 3 heterocycles. The third kappa shape index (κ3) is 3.26. The lowest BCUT2D eigenvalue weighted by atomic mass is 10.00. The summed E-state index contributed by atoms with van der Waals surface area (Å²) in [5.74, 6) is 0.892. The van der Waals surface area contributed by atoms with E-state index < -0.39 is 0 Å². The van der Waals surface area contributed by atoms with Gasteiger partial charge in [0, 0.05) is 12.1 Å². The smallest absolute Gasteiger partial charge is 0.275 e. The monoisotopic (exact) mass is 375 g/mol. The Morgan fingerprint density at radius 1 is 1.39 bits per heavy atom. The van der Waals surface area contributed by atoms with Gasteiger partial charge < -0.3 is 9.47 Å². The van der Waals surface area contributed by atoms with Crippen molar-refractivity contribution in [3.8, 4) is 0 Å². The van der Waals surface area contributed by atoms with Gasteiger partial charge in [-0.1, -0.05) is 30.4 Å². The maximum Gasteiger partial charge on any atom is 0.275 e. The van der Waals surface area contributed by atoms with E-state index in [-0.39, 0.29) is 18.0 Å². The Balaban J connectivity index is 1.58. The van der Waals surface area contributed by atoms with Crippen LogP contribution in [-0.4, -0.2) is 42.6 Å². The summed E-state index contributed by atoms with van der Waals surface area (Å²) in [6.07, 6.45) is 7.72. The molecule has 28 heavy (non-hydrogen) atoms. The number of H-pyrrole nitrogens is 1. The van der Waals surface area contributed by atoms with Gasteiger partial charge in [0.25, 0.3) is 5.91 Å². The minimum Gasteiger partial charge on any atom is -0.327 e. The fraction of sp³-hybridized carbons (Fsp3) is 0.318. The van der Waals surface area contributed by atoms with Gasteiger partial charge >= 0.3 is 0 Å². The minimum atomic E-state index is -0.0431. The van der Waals surface area contributed by atoms with Crippen molar-refractivity contribution in [2.24, 2.45) is 0 Å². The largest absolute Gasteiger partial charge is 0.327 e. The lowest BCUT2D eigenvalue weighted by molar-refractivity contribution is 0.0616. The summed E-state index contributed by atoms with van der Waals surface area (Å²) >= 11 is 0. The molecule has 0 saturated carbocycles. The average Bonchev–Trinajstić information content (AvgIpc) is 3.27. The molecule has 4 rings (SSSR count). The van der Waals surface area contributed by atoms with Crippen LogP contribution >= 0.6 is 0 Å². The van der Waals surface area contributed by atoms with Crippen LogP contribution in [0.4, 0.5) is 0 Å². The van der Waals surface area contributed by atoms with E-state index in [1.54, 1.807) is 0 Å². The highest BCUT2D eigenvalue weighted by molar-refractivity contribution is 5.93. The Morgan fingerprint density at radius 2 is 2.21 bits per heavy atom. The summed E-state index contributed by atoms with van der Waals surface area (Å²) in [5, 5.41) is 7.34. The number of imidazole rings is 1. The van der Waals surface area contributed by atoms with Gasteiger partial charge in [-0.2, -0.15) is 5.10 Å². The third-order valence-corrected chi connectivity index (χ3v) is 5.35. The maximum atomic E-state index is 13.1. The number of rotatable bonds is 5. The number of aromatic nitrogens is 4. The normalized spacial score (nSPS) is 19.3. The van der Waals surface area contributed by atoms with Crippen molar-refractivity contribution in [3.63, 3.8) is 0 Å². The van der Waals surface area contributed by atoms with Crippen LogP contribution in [0.5, 0.6) is 0 Å². The number of hydrogen-bond acceptors (Lipinski definition) is 3. The lowest BCUT2D eigenvalue weighted by Crippen LogP contribution is -2.47. The zero-order valence-electron chi connectivity index (χ0n) is 16.3. The van der Waals surface area contributed by atoms with E-state index in [0.717, 1.165) is 35.4 Å². The molecule has 0 saturated heterocycles. The van der Waals surface area contributed by atoms with Crippen molar-refractivity contribution in [2.75, 3.05) is 0 Å². The van der Waals surface area contributed by atoms with E-state index in [4.69, 9.17) is 0 Å². The molecule has 0 fully saturated rings. The van der Waals surface area contributed by atoms with Crippen LogP contribution in [0.25, 0.3) is 11.0 Å². The topological polar surface area (TPSA) is 66.8 Å². The molecular formula is C22H25N5O. The molecule has 2 atom stereocenters. The summed E-state index contributed by atoms with van der Waals surface area (Å²) in [4.78, 5) is 19.7. The van der Waals surface area contributed by atoms with Gasteiger partial charge in [-0.05, 0) is 44.9 Å². The van der Waals surface area contributed by atoms with Crippen LogP contribution in [0.3, 0.4) is 0 Å². The Kier molecular flexibility index (Phi) is 4.86. The number of hydrogen-bond donors (Lipinski definition) is 1. The third-order valence-electron chi connectivity index (χ3n) is 5.35. The van der Waals surface area contributed by atoms with Crippen molar-refractivity contribution in [1.82, 2.24) is 24.6 Å². The zero-order chi connectivity index (χ0) is 19.7. The first-order valence-electron chi connectivity index (χ1n) is 9.65. The molecule has 2 aromatic heterocycles. The van der Waals surface area contributed by atoms with Gasteiger partial charge in [-0.15, -0.1) is 6.58 Å². The van der Waals surface area contributed by atoms with E-state index in [9.17, 15) is 4.79 Å². The second kappa shape index (κ2) is 7.46. The van der Waals surface area contributed by atoms with Crippen molar-refractivity contribution in [1.29, 1.82) is 0 Å². The van der Waals surface area contributed by atoms with Gasteiger partial charge in [-0.25, -0.2) is 4.98 Å². The quantitative estimate of drug-likeness (QED) is 0.689. The van der Waals surface area contributed by atoms with Crippen LogP contribution in [0.15, 0.2) is 55.1 Å². The first-order chi connectivity index (χ1) is 13.6. The van der Waals surface area contributed by atoms with Gasteiger partial charge in [0.05, 0.1) is 23.3 Å². The molecule has 6 heteroatoms. The maximum absolute atomic E-state index is 13.1. The molecule has 0 radical (unpaired) electrons. The summed E-state index contributed by atoms with van der Waals surface area (Å²) in [6.45, 7) is 8.46. The predicted octanol–water partition coefficient (Wildman–Crippen LogP) is 3.85. The molecule has 3 aromatic rings. The van der Waals surface area contributed by atoms with Gasteiger partial charge in [0.1, 0.15) is 5.82 Å². The SMILES string of the molecule is C=CC[C@H]1CC=C[C@H](C)N1C(=O)c1cc(Cn2c(C)nc3ccccc32)[nH]n1. The molecule has 1 aliphatic rings. The lowest BCUT2D eigenvalue weighted by Gasteiger charge is -2.37. The highest BCUT2D eigenvalue weighted by Gasteiger charge is 2.30. The van der Waals surface area contributed by atoms with E-state index in [2.05, 4.69) is 44.5 Å². The molecule has 6 nitrogen and oxygen atoms in total. The Labute approximate surface area is 164 Å². The summed E-state index contributed by atoms with van der Waals surface area (Å²) < 4.78 is 2.13. The van der Waals surface area contributed by atoms with E-state index in [1.165, 1.54) is 0 Å². The van der Waals surface area contributed by atoms with Crippen LogP contribution in [0.2, 0.25) is 0 Å². The number of benzene rings is 1. The van der Waals surface area contributed by atoms with Crippen molar-refractivity contribution in [2.45, 2.75) is 45.3 Å². The molecule has 0 bridgehead atoms. The number of aromatic amines is 1. The molecule has 144 valence electrons. The molecule has 1 N–H and O–H groups in total. The van der Waals surface area contributed by atoms with Crippen LogP contribution in [0.1, 0.15) is 41.8 Å². The van der Waals surface area contributed by atoms with Gasteiger partial charge in [0.2, 0.25) is 0 Å². The number of carbonyl (C=O) groups excluding carboxylic acids is 1. The molecule has 0 spiro atoms. The van der Waals surface area contributed by atoms with Crippen LogP contribution in [-0.2, 0) is 6.54 Å². The fourth-order valence-electron chi connectivity index (χ4n) is 3.97. The molecular weight excluding hydrogens is 350 g/mol. The Hall–Kier alpha value is -3.15. The number of nitrogens with one attached hydrogen (secondary N) is 1. The van der Waals surface area contributed by atoms with Crippen molar-refractivity contribution >= 4 is 16.9 Å². The van der Waals surface area contributed by atoms with Crippen LogP contribution < -0.4 is 0 Å². The second-order valence-corrected chi connectivity index (χ2v) is 7.31. The summed E-state index contributed by atoms with van der Waals surface area (Å²) in [5.41, 5.74) is 3.38. The van der Waals surface area contributed by atoms with Gasteiger partial charge in [0.15, 0.2) is 5.69 Å². The summed E-state index contributed by atoms with van der Waals surface area (Å²) in [6, 6.07) is 10.1. The van der Waals surface area contributed by atoms with Crippen molar-refractivity contribution < 1.29 is 4.79 Å². The van der Waals surface area contributed by atoms with E-state index in [1.807, 2.05) is 49.1 Å². The molecule has 1 aliphatic heterocycles. The number of aryl methyl sites for hydroxylation is 1. The summed E-state index contributed by atoms with van der Waals surface area (Å²) in [7, 11) is 0. The highest BCUT2D eigenvalue weighted by Crippen LogP contribution is 2.23. The highest BCUT2D eigenvalue weighted by atomic mass is 16.2. The fourth-order valence-corrected chi connectivity index (χ4v) is 3.97. The number of nitrogens with zero attached hydrogens (tertiary/aromatic N) is 4. The zero-order valence-corrected chi connectivity index (χ0v) is 16.3. The average molecular weight is 375 g/mol. The Bertz CT molecular complexity index is 1040. The number of para-hydroxylation sites is 2.